The van der Waals surface area contributed by atoms with Crippen LogP contribution in [-0.2, 0) is 6.54 Å². The molecule has 0 unspecified atom stereocenters. The summed E-state index contributed by atoms with van der Waals surface area (Å²) in [7, 11) is 3.25. The van der Waals surface area contributed by atoms with Crippen molar-refractivity contribution in [1.29, 1.82) is 0 Å². The summed E-state index contributed by atoms with van der Waals surface area (Å²) in [4.78, 5) is 13.3. The number of nitrogens with zero attached hydrogens (tertiary/aromatic N) is 1. The molecule has 0 bridgehead atoms. The Morgan fingerprint density at radius 3 is 2.70 bits per heavy atom. The largest absolute Gasteiger partial charge is 0.497 e. The van der Waals surface area contributed by atoms with Gasteiger partial charge < -0.3 is 19.4 Å². The molecule has 0 atom stereocenters. The van der Waals surface area contributed by atoms with Crippen molar-refractivity contribution in [2.75, 3.05) is 14.2 Å². The highest BCUT2D eigenvalue weighted by Crippen LogP contribution is 2.34. The van der Waals surface area contributed by atoms with Crippen LogP contribution in [0.1, 0.15) is 47.0 Å². The lowest BCUT2D eigenvalue weighted by atomic mass is 10.2. The molecule has 27 heavy (non-hydrogen) atoms. The Hall–Kier alpha value is -2.47. The maximum absolute atomic E-state index is 12.6. The summed E-state index contributed by atoms with van der Waals surface area (Å²) < 4.78 is 14.1. The second kappa shape index (κ2) is 7.64. The van der Waals surface area contributed by atoms with Gasteiger partial charge in [-0.05, 0) is 37.1 Å². The Balaban J connectivity index is 1.46. The second-order valence-electron chi connectivity index (χ2n) is 6.93. The van der Waals surface area contributed by atoms with E-state index in [0.717, 1.165) is 27.3 Å². The van der Waals surface area contributed by atoms with E-state index < -0.39 is 0 Å². The van der Waals surface area contributed by atoms with Crippen LogP contribution in [0.15, 0.2) is 36.7 Å². The van der Waals surface area contributed by atoms with E-state index in [1.807, 2.05) is 24.3 Å². The maximum Gasteiger partial charge on any atom is 0.261 e. The van der Waals surface area contributed by atoms with Crippen molar-refractivity contribution in [3.05, 3.63) is 47.1 Å². The highest BCUT2D eigenvalue weighted by Gasteiger charge is 2.19. The van der Waals surface area contributed by atoms with Gasteiger partial charge in [-0.25, -0.2) is 0 Å². The van der Waals surface area contributed by atoms with Gasteiger partial charge >= 0.3 is 0 Å². The third kappa shape index (κ3) is 3.67. The SMILES string of the molecule is COc1ccc(OC)c(CNC(=O)c2cc3cn(C4CCCC4)cc3s2)c1. The first-order valence-electron chi connectivity index (χ1n) is 9.28. The van der Waals surface area contributed by atoms with E-state index in [0.29, 0.717) is 12.6 Å². The molecular weight excluding hydrogens is 360 g/mol. The Morgan fingerprint density at radius 1 is 1.19 bits per heavy atom. The molecule has 142 valence electrons. The number of amides is 1. The molecule has 5 nitrogen and oxygen atoms in total. The van der Waals surface area contributed by atoms with E-state index >= 15 is 0 Å². The zero-order valence-electron chi connectivity index (χ0n) is 15.7. The van der Waals surface area contributed by atoms with Crippen molar-refractivity contribution in [2.24, 2.45) is 0 Å². The van der Waals surface area contributed by atoms with Gasteiger partial charge in [0.05, 0.1) is 23.8 Å². The summed E-state index contributed by atoms with van der Waals surface area (Å²) in [6.45, 7) is 0.392. The molecule has 3 aromatic rings. The number of aromatic nitrogens is 1. The van der Waals surface area contributed by atoms with Gasteiger partial charge in [0.25, 0.3) is 5.91 Å². The van der Waals surface area contributed by atoms with Crippen LogP contribution in [0.25, 0.3) is 10.1 Å². The highest BCUT2D eigenvalue weighted by atomic mass is 32.1. The number of hydrogen-bond donors (Lipinski definition) is 1. The summed E-state index contributed by atoms with van der Waals surface area (Å²) in [5.41, 5.74) is 0.889. The van der Waals surface area contributed by atoms with Crippen molar-refractivity contribution in [3.63, 3.8) is 0 Å². The van der Waals surface area contributed by atoms with Crippen LogP contribution in [0.3, 0.4) is 0 Å². The number of carbonyl (C=O) groups excluding carboxylic acids is 1. The molecule has 6 heteroatoms. The second-order valence-corrected chi connectivity index (χ2v) is 8.02. The number of ether oxygens (including phenoxy) is 2. The predicted molar refractivity (Wildman–Crippen MR) is 108 cm³/mol. The van der Waals surface area contributed by atoms with E-state index in [1.54, 1.807) is 25.6 Å². The highest BCUT2D eigenvalue weighted by molar-refractivity contribution is 7.20. The predicted octanol–water partition coefficient (Wildman–Crippen LogP) is 4.77. The molecule has 0 saturated heterocycles. The monoisotopic (exact) mass is 384 g/mol. The van der Waals surface area contributed by atoms with Crippen LogP contribution < -0.4 is 14.8 Å². The Kier molecular flexibility index (Phi) is 5.07. The number of carbonyl (C=O) groups is 1. The molecule has 1 N–H and O–H groups in total. The number of rotatable bonds is 6. The van der Waals surface area contributed by atoms with Gasteiger partial charge in [0, 0.05) is 35.9 Å². The van der Waals surface area contributed by atoms with E-state index in [-0.39, 0.29) is 5.91 Å². The van der Waals surface area contributed by atoms with E-state index in [4.69, 9.17) is 9.47 Å². The first kappa shape index (κ1) is 17.9. The van der Waals surface area contributed by atoms with Crippen molar-refractivity contribution >= 4 is 27.3 Å². The average molecular weight is 385 g/mol. The molecule has 2 heterocycles. The molecule has 1 aromatic carbocycles. The molecule has 1 aliphatic carbocycles. The van der Waals surface area contributed by atoms with Crippen LogP contribution in [0.5, 0.6) is 11.5 Å². The maximum atomic E-state index is 12.6. The number of benzene rings is 1. The van der Waals surface area contributed by atoms with Gasteiger partial charge in [-0.1, -0.05) is 12.8 Å². The average Bonchev–Trinajstić information content (AvgIpc) is 3.41. The molecule has 1 saturated carbocycles. The van der Waals surface area contributed by atoms with Gasteiger partial charge in [-0.15, -0.1) is 11.3 Å². The third-order valence-corrected chi connectivity index (χ3v) is 6.33. The van der Waals surface area contributed by atoms with Crippen molar-refractivity contribution < 1.29 is 14.3 Å². The quantitative estimate of drug-likeness (QED) is 0.666. The normalized spacial score (nSPS) is 14.6. The van der Waals surface area contributed by atoms with Crippen LogP contribution in [-0.4, -0.2) is 24.7 Å². The van der Waals surface area contributed by atoms with Crippen molar-refractivity contribution in [1.82, 2.24) is 9.88 Å². The lowest BCUT2D eigenvalue weighted by molar-refractivity contribution is 0.0954. The lowest BCUT2D eigenvalue weighted by Crippen LogP contribution is -2.22. The molecule has 0 aliphatic heterocycles. The molecule has 4 rings (SSSR count). The standard InChI is InChI=1S/C21H24N2O3S/c1-25-17-7-8-18(26-2)14(9-17)11-22-21(24)19-10-15-12-23(13-20(15)27-19)16-5-3-4-6-16/h7-10,12-13,16H,3-6,11H2,1-2H3,(H,22,24). The summed E-state index contributed by atoms with van der Waals surface area (Å²) in [5, 5.41) is 4.14. The fraction of sp³-hybridized carbons (Fsp3) is 0.381. The van der Waals surface area contributed by atoms with E-state index in [1.165, 1.54) is 30.4 Å². The van der Waals surface area contributed by atoms with Gasteiger partial charge in [0.15, 0.2) is 0 Å². The van der Waals surface area contributed by atoms with Gasteiger partial charge in [-0.3, -0.25) is 4.79 Å². The fourth-order valence-corrected chi connectivity index (χ4v) is 4.75. The Bertz CT molecular complexity index is 922. The summed E-state index contributed by atoms with van der Waals surface area (Å²) >= 11 is 1.55. The molecule has 1 amide bonds. The number of hydrogen-bond acceptors (Lipinski definition) is 4. The van der Waals surface area contributed by atoms with Crippen molar-refractivity contribution in [2.45, 2.75) is 38.3 Å². The lowest BCUT2D eigenvalue weighted by Gasteiger charge is -2.11. The smallest absolute Gasteiger partial charge is 0.261 e. The minimum atomic E-state index is -0.0616. The summed E-state index contributed by atoms with van der Waals surface area (Å²) in [6, 6.07) is 8.19. The summed E-state index contributed by atoms with van der Waals surface area (Å²) in [5.74, 6) is 1.42. The number of nitrogens with one attached hydrogen (secondary N) is 1. The first-order valence-corrected chi connectivity index (χ1v) is 10.1. The zero-order valence-corrected chi connectivity index (χ0v) is 16.5. The van der Waals surface area contributed by atoms with Crippen LogP contribution in [0.4, 0.5) is 0 Å². The molecule has 1 fully saturated rings. The fourth-order valence-electron chi connectivity index (χ4n) is 3.76. The molecule has 0 radical (unpaired) electrons. The van der Waals surface area contributed by atoms with Gasteiger partial charge in [-0.2, -0.15) is 0 Å². The van der Waals surface area contributed by atoms with Gasteiger partial charge in [0.1, 0.15) is 11.5 Å². The number of fused-ring (bicyclic) bond motifs is 1. The molecule has 0 spiro atoms. The van der Waals surface area contributed by atoms with Crippen LogP contribution in [0, 0.1) is 0 Å². The number of thiophene rings is 1. The van der Waals surface area contributed by atoms with Crippen LogP contribution >= 0.6 is 11.3 Å². The summed E-state index contributed by atoms with van der Waals surface area (Å²) in [6.07, 6.45) is 9.53. The number of methoxy groups -OCH3 is 2. The molecule has 2 aromatic heterocycles. The van der Waals surface area contributed by atoms with Crippen molar-refractivity contribution in [3.8, 4) is 11.5 Å². The first-order chi connectivity index (χ1) is 13.2. The zero-order chi connectivity index (χ0) is 18.8. The third-order valence-electron chi connectivity index (χ3n) is 5.24. The minimum absolute atomic E-state index is 0.0616. The van der Waals surface area contributed by atoms with Crippen LogP contribution in [0.2, 0.25) is 0 Å². The van der Waals surface area contributed by atoms with E-state index in [2.05, 4.69) is 22.3 Å². The molecular formula is C21H24N2O3S. The van der Waals surface area contributed by atoms with E-state index in [9.17, 15) is 4.79 Å². The van der Waals surface area contributed by atoms with Gasteiger partial charge in [0.2, 0.25) is 0 Å². The minimum Gasteiger partial charge on any atom is -0.497 e. The molecule has 1 aliphatic rings. The topological polar surface area (TPSA) is 52.5 Å². The Morgan fingerprint density at radius 2 is 2.00 bits per heavy atom. The Labute approximate surface area is 162 Å².